The Morgan fingerprint density at radius 3 is 2.70 bits per heavy atom. The highest BCUT2D eigenvalue weighted by Gasteiger charge is 2.23. The van der Waals surface area contributed by atoms with Crippen LogP contribution < -0.4 is 16.8 Å². The molecule has 1 atom stereocenters. The second-order valence-corrected chi connectivity index (χ2v) is 5.63. The molecule has 2 aliphatic rings. The van der Waals surface area contributed by atoms with Crippen molar-refractivity contribution in [1.82, 2.24) is 10.2 Å². The van der Waals surface area contributed by atoms with E-state index in [1.54, 1.807) is 6.20 Å². The van der Waals surface area contributed by atoms with E-state index in [1.807, 2.05) is 6.92 Å². The zero-order valence-electron chi connectivity index (χ0n) is 12.5. The van der Waals surface area contributed by atoms with Crippen LogP contribution in [-0.2, 0) is 4.74 Å². The molecule has 0 aromatic carbocycles. The topological polar surface area (TPSA) is 76.5 Å². The van der Waals surface area contributed by atoms with E-state index in [0.29, 0.717) is 12.5 Å². The van der Waals surface area contributed by atoms with Crippen LogP contribution in [0.25, 0.3) is 0 Å². The van der Waals surface area contributed by atoms with Gasteiger partial charge in [0, 0.05) is 44.1 Å². The van der Waals surface area contributed by atoms with Gasteiger partial charge in [-0.25, -0.2) is 0 Å². The minimum absolute atomic E-state index is 0.0941. The van der Waals surface area contributed by atoms with Crippen LogP contribution in [0.5, 0.6) is 0 Å². The highest BCUT2D eigenvalue weighted by Crippen LogP contribution is 2.22. The molecule has 0 aliphatic carbocycles. The van der Waals surface area contributed by atoms with Crippen molar-refractivity contribution in [2.24, 2.45) is 17.4 Å². The molecule has 0 amide bonds. The third-order valence-corrected chi connectivity index (χ3v) is 4.22. The fourth-order valence-corrected chi connectivity index (χ4v) is 2.92. The van der Waals surface area contributed by atoms with Crippen LogP contribution in [0, 0.1) is 5.92 Å². The first-order chi connectivity index (χ1) is 9.72. The molecule has 5 N–H and O–H groups in total. The average Bonchev–Trinajstić information content (AvgIpc) is 2.49. The lowest BCUT2D eigenvalue weighted by Crippen LogP contribution is -2.40. The molecule has 20 heavy (non-hydrogen) atoms. The molecule has 114 valence electrons. The summed E-state index contributed by atoms with van der Waals surface area (Å²) in [6.07, 6.45) is 8.27. The Morgan fingerprint density at radius 2 is 2.15 bits per heavy atom. The lowest BCUT2D eigenvalue weighted by atomic mass is 9.95. The minimum Gasteiger partial charge on any atom is -0.403 e. The van der Waals surface area contributed by atoms with Crippen molar-refractivity contribution in [3.05, 3.63) is 23.7 Å². The lowest BCUT2D eigenvalue weighted by Gasteiger charge is -2.34. The molecule has 5 nitrogen and oxygen atoms in total. The average molecular weight is 280 g/mol. The van der Waals surface area contributed by atoms with Crippen molar-refractivity contribution in [2.75, 3.05) is 26.2 Å². The van der Waals surface area contributed by atoms with E-state index in [4.69, 9.17) is 16.2 Å². The number of hydrogen-bond acceptors (Lipinski definition) is 5. The molecule has 2 heterocycles. The summed E-state index contributed by atoms with van der Waals surface area (Å²) in [6, 6.07) is 0. The number of likely N-dealkylation sites (tertiary alicyclic amines) is 1. The molecule has 5 heteroatoms. The molecular weight excluding hydrogens is 252 g/mol. The molecular formula is C15H28N4O. The summed E-state index contributed by atoms with van der Waals surface area (Å²) in [5.41, 5.74) is 14.2. The second kappa shape index (κ2) is 7.55. The summed E-state index contributed by atoms with van der Waals surface area (Å²) in [7, 11) is 0. The number of nitrogens with one attached hydrogen (secondary N) is 1. The van der Waals surface area contributed by atoms with Crippen molar-refractivity contribution in [3.8, 4) is 0 Å². The molecule has 2 rings (SSSR count). The van der Waals surface area contributed by atoms with Crippen molar-refractivity contribution in [1.29, 1.82) is 0 Å². The first-order valence-electron chi connectivity index (χ1n) is 7.68. The molecule has 0 aromatic rings. The van der Waals surface area contributed by atoms with Gasteiger partial charge >= 0.3 is 0 Å². The molecule has 0 aromatic heterocycles. The van der Waals surface area contributed by atoms with Gasteiger partial charge in [-0.3, -0.25) is 0 Å². The maximum absolute atomic E-state index is 6.03. The van der Waals surface area contributed by atoms with Gasteiger partial charge in [0.05, 0.1) is 0 Å². The Labute approximate surface area is 122 Å². The van der Waals surface area contributed by atoms with Crippen LogP contribution in [0.3, 0.4) is 0 Å². The first kappa shape index (κ1) is 15.2. The predicted octanol–water partition coefficient (Wildman–Crippen LogP) is 1.09. The highest BCUT2D eigenvalue weighted by atomic mass is 16.5. The van der Waals surface area contributed by atoms with Gasteiger partial charge in [0.1, 0.15) is 6.23 Å². The minimum atomic E-state index is -0.0941. The van der Waals surface area contributed by atoms with Gasteiger partial charge in [-0.2, -0.15) is 0 Å². The summed E-state index contributed by atoms with van der Waals surface area (Å²) in [5.74, 6) is 0.501. The fraction of sp³-hybridized carbons (Fsp3) is 0.733. The molecule has 0 saturated carbocycles. The molecule has 1 unspecified atom stereocenters. The van der Waals surface area contributed by atoms with Gasteiger partial charge in [0.2, 0.25) is 0 Å². The summed E-state index contributed by atoms with van der Waals surface area (Å²) >= 11 is 0. The Bertz CT molecular complexity index is 347. The van der Waals surface area contributed by atoms with Gasteiger partial charge in [-0.1, -0.05) is 0 Å². The van der Waals surface area contributed by atoms with E-state index < -0.39 is 0 Å². The van der Waals surface area contributed by atoms with Crippen LogP contribution in [-0.4, -0.2) is 37.4 Å². The van der Waals surface area contributed by atoms with Gasteiger partial charge in [-0.05, 0) is 44.4 Å². The highest BCUT2D eigenvalue weighted by molar-refractivity contribution is 5.15. The summed E-state index contributed by atoms with van der Waals surface area (Å²) < 4.78 is 5.51. The molecule has 2 aliphatic heterocycles. The first-order valence-corrected chi connectivity index (χ1v) is 7.68. The van der Waals surface area contributed by atoms with Crippen molar-refractivity contribution >= 4 is 0 Å². The van der Waals surface area contributed by atoms with Gasteiger partial charge < -0.3 is 26.4 Å². The zero-order valence-corrected chi connectivity index (χ0v) is 12.5. The van der Waals surface area contributed by atoms with Crippen molar-refractivity contribution < 1.29 is 4.74 Å². The van der Waals surface area contributed by atoms with E-state index in [2.05, 4.69) is 16.4 Å². The van der Waals surface area contributed by atoms with Gasteiger partial charge in [0.25, 0.3) is 0 Å². The third kappa shape index (κ3) is 4.15. The van der Waals surface area contributed by atoms with Crippen LogP contribution in [0.4, 0.5) is 0 Å². The van der Waals surface area contributed by atoms with Crippen LogP contribution in [0.1, 0.15) is 32.6 Å². The number of nitrogens with two attached hydrogens (primary N) is 2. The summed E-state index contributed by atoms with van der Waals surface area (Å²) in [5, 5.41) is 3.35. The molecule has 0 radical (unpaired) electrons. The maximum Gasteiger partial charge on any atom is 0.108 e. The fourth-order valence-electron chi connectivity index (χ4n) is 2.92. The van der Waals surface area contributed by atoms with Crippen LogP contribution >= 0.6 is 0 Å². The molecule has 2 fully saturated rings. The lowest BCUT2D eigenvalue weighted by molar-refractivity contribution is 0.00533. The Balaban J connectivity index is 1.77. The maximum atomic E-state index is 6.03. The zero-order chi connectivity index (χ0) is 14.4. The van der Waals surface area contributed by atoms with E-state index >= 15 is 0 Å². The second-order valence-electron chi connectivity index (χ2n) is 5.63. The number of rotatable bonds is 4. The monoisotopic (exact) mass is 280 g/mol. The number of ether oxygens (including phenoxy) is 1. The summed E-state index contributed by atoms with van der Waals surface area (Å²) in [4.78, 5) is 2.42. The SMILES string of the molecule is CCOC(N)C1CCN(/C=C2\CC/C(=C/N)NC2)CC1. The smallest absolute Gasteiger partial charge is 0.108 e. The Kier molecular flexibility index (Phi) is 5.73. The number of nitrogens with zero attached hydrogens (tertiary/aromatic N) is 1. The number of piperidine rings is 2. The molecule has 2 saturated heterocycles. The largest absolute Gasteiger partial charge is 0.403 e. The number of hydrogen-bond donors (Lipinski definition) is 3. The molecule has 0 spiro atoms. The Morgan fingerprint density at radius 1 is 1.40 bits per heavy atom. The van der Waals surface area contributed by atoms with Crippen LogP contribution in [0.15, 0.2) is 23.7 Å². The normalized spacial score (nSPS) is 26.8. The van der Waals surface area contributed by atoms with E-state index in [-0.39, 0.29) is 6.23 Å². The number of allylic oxidation sites excluding steroid dienone is 1. The van der Waals surface area contributed by atoms with E-state index in [0.717, 1.165) is 51.0 Å². The molecule has 0 bridgehead atoms. The van der Waals surface area contributed by atoms with E-state index in [9.17, 15) is 0 Å². The Hall–Kier alpha value is -1.20. The quantitative estimate of drug-likeness (QED) is 0.672. The van der Waals surface area contributed by atoms with Crippen molar-refractivity contribution in [3.63, 3.8) is 0 Å². The van der Waals surface area contributed by atoms with Crippen molar-refractivity contribution in [2.45, 2.75) is 38.8 Å². The predicted molar refractivity (Wildman–Crippen MR) is 81.5 cm³/mol. The van der Waals surface area contributed by atoms with Gasteiger partial charge in [-0.15, -0.1) is 0 Å². The van der Waals surface area contributed by atoms with E-state index in [1.165, 1.54) is 5.57 Å². The van der Waals surface area contributed by atoms with Crippen LogP contribution in [0.2, 0.25) is 0 Å². The standard InChI is InChI=1S/C15H28N4O/c1-2-20-15(17)13-5-7-19(8-6-13)11-12-3-4-14(9-16)18-10-12/h9,11,13,15,18H,2-8,10,16-17H2,1H3/b12-11+,14-9-. The van der Waals surface area contributed by atoms with Gasteiger partial charge in [0.15, 0.2) is 0 Å². The third-order valence-electron chi connectivity index (χ3n) is 4.22. The summed E-state index contributed by atoms with van der Waals surface area (Å²) in [6.45, 7) is 5.78.